The zero-order valence-corrected chi connectivity index (χ0v) is 14.5. The molecule has 0 spiro atoms. The number of thiazole rings is 1. The standard InChI is InChI=1S/C16H28N4S/c1-11-6-5-8-20(10-11)9-7-12-19-14(16(2,3)4)13(21-12)15(17)18/h11H,5-10H2,1-4H3,(H3,17,18). The fourth-order valence-corrected chi connectivity index (χ4v) is 4.03. The molecule has 1 atom stereocenters. The van der Waals surface area contributed by atoms with Gasteiger partial charge in [-0.15, -0.1) is 11.3 Å². The Balaban J connectivity index is 2.05. The zero-order valence-electron chi connectivity index (χ0n) is 13.7. The predicted octanol–water partition coefficient (Wildman–Crippen LogP) is 3.00. The van der Waals surface area contributed by atoms with Crippen molar-refractivity contribution in [2.24, 2.45) is 11.7 Å². The lowest BCUT2D eigenvalue weighted by Gasteiger charge is -2.30. The molecule has 1 aliphatic rings. The van der Waals surface area contributed by atoms with Crippen LogP contribution in [0.5, 0.6) is 0 Å². The van der Waals surface area contributed by atoms with Crippen LogP contribution in [0.1, 0.15) is 56.1 Å². The van der Waals surface area contributed by atoms with Crippen LogP contribution in [0.2, 0.25) is 0 Å². The van der Waals surface area contributed by atoms with Crippen LogP contribution in [0.25, 0.3) is 0 Å². The lowest BCUT2D eigenvalue weighted by Crippen LogP contribution is -2.35. The minimum absolute atomic E-state index is 0.0601. The molecule has 0 aromatic carbocycles. The highest BCUT2D eigenvalue weighted by Crippen LogP contribution is 2.29. The highest BCUT2D eigenvalue weighted by atomic mass is 32.1. The van der Waals surface area contributed by atoms with Gasteiger partial charge in [-0.1, -0.05) is 27.7 Å². The van der Waals surface area contributed by atoms with Gasteiger partial charge in [0.1, 0.15) is 5.84 Å². The first kappa shape index (κ1) is 16.4. The van der Waals surface area contributed by atoms with Gasteiger partial charge < -0.3 is 10.6 Å². The van der Waals surface area contributed by atoms with Gasteiger partial charge in [-0.2, -0.15) is 0 Å². The van der Waals surface area contributed by atoms with E-state index >= 15 is 0 Å². The van der Waals surface area contributed by atoms with Crippen LogP contribution < -0.4 is 5.73 Å². The minimum atomic E-state index is -0.0601. The topological polar surface area (TPSA) is 66.0 Å². The molecule has 0 saturated carbocycles. The van der Waals surface area contributed by atoms with Crippen molar-refractivity contribution in [2.45, 2.75) is 52.4 Å². The maximum Gasteiger partial charge on any atom is 0.135 e. The highest BCUT2D eigenvalue weighted by Gasteiger charge is 2.25. The van der Waals surface area contributed by atoms with Gasteiger partial charge in [0, 0.05) is 24.9 Å². The second kappa shape index (κ2) is 6.44. The monoisotopic (exact) mass is 308 g/mol. The molecule has 4 nitrogen and oxygen atoms in total. The molecular weight excluding hydrogens is 280 g/mol. The largest absolute Gasteiger partial charge is 0.383 e. The summed E-state index contributed by atoms with van der Waals surface area (Å²) in [6.45, 7) is 12.2. The summed E-state index contributed by atoms with van der Waals surface area (Å²) in [5.74, 6) is 0.961. The van der Waals surface area contributed by atoms with Gasteiger partial charge in [0.2, 0.25) is 0 Å². The summed E-state index contributed by atoms with van der Waals surface area (Å²) in [6, 6.07) is 0. The SMILES string of the molecule is CC1CCCN(CCc2nc(C(C)(C)C)c(C(=N)N)s2)C1. The number of nitrogens with zero attached hydrogens (tertiary/aromatic N) is 2. The molecule has 1 aromatic heterocycles. The third-order valence-corrected chi connectivity index (χ3v) is 5.16. The fraction of sp³-hybridized carbons (Fsp3) is 0.750. The van der Waals surface area contributed by atoms with Crippen molar-refractivity contribution in [1.82, 2.24) is 9.88 Å². The van der Waals surface area contributed by atoms with Crippen molar-refractivity contribution >= 4 is 17.2 Å². The Bertz CT molecular complexity index is 501. The van der Waals surface area contributed by atoms with Crippen molar-refractivity contribution in [3.8, 4) is 0 Å². The molecule has 1 unspecified atom stereocenters. The molecule has 21 heavy (non-hydrogen) atoms. The average Bonchev–Trinajstić information content (AvgIpc) is 2.81. The summed E-state index contributed by atoms with van der Waals surface area (Å²) in [5, 5.41) is 8.88. The molecule has 0 amide bonds. The quantitative estimate of drug-likeness (QED) is 0.664. The van der Waals surface area contributed by atoms with Crippen LogP contribution >= 0.6 is 11.3 Å². The number of likely N-dealkylation sites (tertiary alicyclic amines) is 1. The number of aromatic nitrogens is 1. The number of hydrogen-bond donors (Lipinski definition) is 2. The summed E-state index contributed by atoms with van der Waals surface area (Å²) in [4.78, 5) is 8.17. The van der Waals surface area contributed by atoms with Crippen LogP contribution in [0.4, 0.5) is 0 Å². The molecule has 0 radical (unpaired) electrons. The van der Waals surface area contributed by atoms with Crippen molar-refractivity contribution < 1.29 is 0 Å². The first-order valence-electron chi connectivity index (χ1n) is 7.84. The van der Waals surface area contributed by atoms with Gasteiger partial charge in [0.25, 0.3) is 0 Å². The molecule has 1 fully saturated rings. The Morgan fingerprint density at radius 1 is 1.48 bits per heavy atom. The van der Waals surface area contributed by atoms with Crippen molar-refractivity contribution in [3.05, 3.63) is 15.6 Å². The lowest BCUT2D eigenvalue weighted by molar-refractivity contribution is 0.186. The number of nitrogens with one attached hydrogen (secondary N) is 1. The molecule has 118 valence electrons. The molecule has 1 aliphatic heterocycles. The Hall–Kier alpha value is -0.940. The number of nitrogen functional groups attached to an aromatic ring is 1. The molecule has 2 rings (SSSR count). The molecule has 0 aliphatic carbocycles. The number of hydrogen-bond acceptors (Lipinski definition) is 4. The van der Waals surface area contributed by atoms with E-state index in [4.69, 9.17) is 16.1 Å². The number of amidine groups is 1. The van der Waals surface area contributed by atoms with E-state index in [1.807, 2.05) is 0 Å². The van der Waals surface area contributed by atoms with Crippen LogP contribution in [-0.4, -0.2) is 35.4 Å². The summed E-state index contributed by atoms with van der Waals surface area (Å²) in [6.07, 6.45) is 3.63. The third kappa shape index (κ3) is 4.27. The third-order valence-electron chi connectivity index (χ3n) is 4.01. The van der Waals surface area contributed by atoms with Gasteiger partial charge in [-0.3, -0.25) is 5.41 Å². The highest BCUT2D eigenvalue weighted by molar-refractivity contribution is 7.13. The second-order valence-electron chi connectivity index (χ2n) is 7.25. The number of rotatable bonds is 4. The minimum Gasteiger partial charge on any atom is -0.383 e. The molecule has 5 heteroatoms. The van der Waals surface area contributed by atoms with Crippen LogP contribution in [0.3, 0.4) is 0 Å². The van der Waals surface area contributed by atoms with Crippen molar-refractivity contribution in [2.75, 3.05) is 19.6 Å². The average molecular weight is 308 g/mol. The number of nitrogens with two attached hydrogens (primary N) is 1. The summed E-state index contributed by atoms with van der Waals surface area (Å²) in [7, 11) is 0. The van der Waals surface area contributed by atoms with Crippen molar-refractivity contribution in [1.29, 1.82) is 5.41 Å². The number of piperidine rings is 1. The van der Waals surface area contributed by atoms with Gasteiger partial charge in [-0.25, -0.2) is 4.98 Å². The Labute approximate surface area is 132 Å². The zero-order chi connectivity index (χ0) is 15.6. The normalized spacial score (nSPS) is 20.7. The van der Waals surface area contributed by atoms with Gasteiger partial charge >= 0.3 is 0 Å². The van der Waals surface area contributed by atoms with E-state index in [1.165, 1.54) is 25.9 Å². The maximum atomic E-state index is 7.76. The van der Waals surface area contributed by atoms with Crippen molar-refractivity contribution in [3.63, 3.8) is 0 Å². The summed E-state index contributed by atoms with van der Waals surface area (Å²) in [5.41, 5.74) is 6.64. The maximum absolute atomic E-state index is 7.76. The first-order valence-corrected chi connectivity index (χ1v) is 8.66. The molecule has 2 heterocycles. The Morgan fingerprint density at radius 3 is 2.71 bits per heavy atom. The van der Waals surface area contributed by atoms with Gasteiger partial charge in [-0.05, 0) is 25.3 Å². The molecule has 0 bridgehead atoms. The van der Waals surface area contributed by atoms with Gasteiger partial charge in [0.15, 0.2) is 0 Å². The smallest absolute Gasteiger partial charge is 0.135 e. The summed E-state index contributed by atoms with van der Waals surface area (Å²) >= 11 is 1.60. The van der Waals surface area contributed by atoms with Gasteiger partial charge in [0.05, 0.1) is 15.6 Å². The van der Waals surface area contributed by atoms with E-state index in [0.717, 1.165) is 34.5 Å². The molecule has 3 N–H and O–H groups in total. The van der Waals surface area contributed by atoms with Crippen LogP contribution in [0.15, 0.2) is 0 Å². The van der Waals surface area contributed by atoms with E-state index in [9.17, 15) is 0 Å². The predicted molar refractivity (Wildman–Crippen MR) is 90.4 cm³/mol. The Morgan fingerprint density at radius 2 is 2.19 bits per heavy atom. The summed E-state index contributed by atoms with van der Waals surface area (Å²) < 4.78 is 0. The second-order valence-corrected chi connectivity index (χ2v) is 8.33. The van der Waals surface area contributed by atoms with Crippen LogP contribution in [-0.2, 0) is 11.8 Å². The van der Waals surface area contributed by atoms with E-state index in [-0.39, 0.29) is 11.3 Å². The first-order chi connectivity index (χ1) is 9.77. The van der Waals surface area contributed by atoms with E-state index in [1.54, 1.807) is 11.3 Å². The molecule has 1 saturated heterocycles. The van der Waals surface area contributed by atoms with E-state index in [0.29, 0.717) is 0 Å². The fourth-order valence-electron chi connectivity index (χ4n) is 2.91. The lowest BCUT2D eigenvalue weighted by atomic mass is 9.91. The van der Waals surface area contributed by atoms with E-state index in [2.05, 4.69) is 32.6 Å². The molecular formula is C16H28N4S. The Kier molecular flexibility index (Phi) is 5.04. The van der Waals surface area contributed by atoms with E-state index < -0.39 is 0 Å². The molecule has 1 aromatic rings. The van der Waals surface area contributed by atoms with Crippen LogP contribution in [0, 0.1) is 11.3 Å².